The standard InChI is InChI=1S/C17H32O/c1-2-3-4-5-6-7-8-9-10-11-12-13-14-15-16-17-18/h18H,2-8,11-17H2,1H3. The fourth-order valence-corrected chi connectivity index (χ4v) is 2.03. The van der Waals surface area contributed by atoms with Gasteiger partial charge in [0.25, 0.3) is 0 Å². The van der Waals surface area contributed by atoms with Crippen LogP contribution in [0.3, 0.4) is 0 Å². The Morgan fingerprint density at radius 2 is 1.06 bits per heavy atom. The van der Waals surface area contributed by atoms with E-state index in [1.165, 1.54) is 64.2 Å². The summed E-state index contributed by atoms with van der Waals surface area (Å²) in [6.07, 6.45) is 16.2. The van der Waals surface area contributed by atoms with Crippen LogP contribution >= 0.6 is 0 Å². The van der Waals surface area contributed by atoms with E-state index in [1.807, 2.05) is 0 Å². The largest absolute Gasteiger partial charge is 0.396 e. The van der Waals surface area contributed by atoms with Crippen LogP contribution in [0, 0.1) is 11.8 Å². The molecule has 18 heavy (non-hydrogen) atoms. The van der Waals surface area contributed by atoms with Gasteiger partial charge in [-0.05, 0) is 19.3 Å². The third-order valence-electron chi connectivity index (χ3n) is 3.24. The van der Waals surface area contributed by atoms with Crippen molar-refractivity contribution >= 4 is 0 Å². The second-order valence-electron chi connectivity index (χ2n) is 5.11. The number of aliphatic hydroxyl groups excluding tert-OH is 1. The fraction of sp³-hybridized carbons (Fsp3) is 0.882. The highest BCUT2D eigenvalue weighted by atomic mass is 16.2. The van der Waals surface area contributed by atoms with Crippen molar-refractivity contribution in [3.05, 3.63) is 0 Å². The van der Waals surface area contributed by atoms with Crippen molar-refractivity contribution in [1.82, 2.24) is 0 Å². The van der Waals surface area contributed by atoms with Crippen LogP contribution in [0.4, 0.5) is 0 Å². The summed E-state index contributed by atoms with van der Waals surface area (Å²) in [6, 6.07) is 0. The van der Waals surface area contributed by atoms with Crippen molar-refractivity contribution in [2.75, 3.05) is 6.61 Å². The first-order valence-electron chi connectivity index (χ1n) is 7.98. The average Bonchev–Trinajstić information content (AvgIpc) is 2.39. The fourth-order valence-electron chi connectivity index (χ4n) is 2.03. The lowest BCUT2D eigenvalue weighted by Gasteiger charge is -1.97. The molecule has 0 aromatic heterocycles. The lowest BCUT2D eigenvalue weighted by molar-refractivity contribution is 0.282. The van der Waals surface area contributed by atoms with Crippen molar-refractivity contribution in [2.24, 2.45) is 0 Å². The van der Waals surface area contributed by atoms with E-state index >= 15 is 0 Å². The first-order valence-corrected chi connectivity index (χ1v) is 7.98. The van der Waals surface area contributed by atoms with Crippen LogP contribution in [0.25, 0.3) is 0 Å². The Balaban J connectivity index is 3.05. The van der Waals surface area contributed by atoms with E-state index in [1.54, 1.807) is 0 Å². The molecule has 0 aliphatic heterocycles. The molecule has 0 saturated heterocycles. The van der Waals surface area contributed by atoms with Crippen LogP contribution in [0.2, 0.25) is 0 Å². The minimum absolute atomic E-state index is 0.345. The van der Waals surface area contributed by atoms with Crippen LogP contribution in [0.5, 0.6) is 0 Å². The van der Waals surface area contributed by atoms with Crippen LogP contribution in [-0.4, -0.2) is 11.7 Å². The van der Waals surface area contributed by atoms with E-state index < -0.39 is 0 Å². The summed E-state index contributed by atoms with van der Waals surface area (Å²) in [7, 11) is 0. The molecule has 0 aromatic carbocycles. The van der Waals surface area contributed by atoms with Gasteiger partial charge in [0.05, 0.1) is 0 Å². The van der Waals surface area contributed by atoms with Crippen molar-refractivity contribution in [3.63, 3.8) is 0 Å². The Morgan fingerprint density at radius 3 is 1.56 bits per heavy atom. The molecule has 0 fully saturated rings. The number of aliphatic hydroxyl groups is 1. The summed E-state index contributed by atoms with van der Waals surface area (Å²) >= 11 is 0. The smallest absolute Gasteiger partial charge is 0.0431 e. The maximum absolute atomic E-state index is 8.64. The Labute approximate surface area is 114 Å². The van der Waals surface area contributed by atoms with Gasteiger partial charge in [0, 0.05) is 19.4 Å². The second kappa shape index (κ2) is 16.5. The molecule has 1 N–H and O–H groups in total. The minimum Gasteiger partial charge on any atom is -0.396 e. The highest BCUT2D eigenvalue weighted by molar-refractivity contribution is 4.98. The maximum atomic E-state index is 8.64. The van der Waals surface area contributed by atoms with Gasteiger partial charge in [0.1, 0.15) is 0 Å². The van der Waals surface area contributed by atoms with Crippen molar-refractivity contribution in [2.45, 2.75) is 90.4 Å². The van der Waals surface area contributed by atoms with E-state index in [-0.39, 0.29) is 0 Å². The molecule has 0 heterocycles. The zero-order valence-electron chi connectivity index (χ0n) is 12.3. The topological polar surface area (TPSA) is 20.2 Å². The molecule has 0 rings (SSSR count). The normalized spacial score (nSPS) is 10.1. The zero-order valence-corrected chi connectivity index (χ0v) is 12.3. The van der Waals surface area contributed by atoms with Crippen molar-refractivity contribution in [1.29, 1.82) is 0 Å². The summed E-state index contributed by atoms with van der Waals surface area (Å²) < 4.78 is 0. The Kier molecular flexibility index (Phi) is 16.1. The Hall–Kier alpha value is -0.480. The molecule has 1 nitrogen and oxygen atoms in total. The van der Waals surface area contributed by atoms with E-state index in [2.05, 4.69) is 18.8 Å². The number of hydrogen-bond donors (Lipinski definition) is 1. The summed E-state index contributed by atoms with van der Waals surface area (Å²) in [6.45, 7) is 2.60. The highest BCUT2D eigenvalue weighted by Crippen LogP contribution is 2.07. The van der Waals surface area contributed by atoms with Gasteiger partial charge < -0.3 is 5.11 Å². The summed E-state index contributed by atoms with van der Waals surface area (Å²) in [5, 5.41) is 8.64. The van der Waals surface area contributed by atoms with Gasteiger partial charge >= 0.3 is 0 Å². The lowest BCUT2D eigenvalue weighted by atomic mass is 10.1. The van der Waals surface area contributed by atoms with Gasteiger partial charge in [0.15, 0.2) is 0 Å². The van der Waals surface area contributed by atoms with Crippen LogP contribution in [0.1, 0.15) is 90.4 Å². The predicted octanol–water partition coefficient (Wildman–Crippen LogP) is 5.07. The van der Waals surface area contributed by atoms with E-state index in [0.717, 1.165) is 19.3 Å². The quantitative estimate of drug-likeness (QED) is 0.379. The molecule has 0 spiro atoms. The molecule has 106 valence electrons. The second-order valence-corrected chi connectivity index (χ2v) is 5.11. The van der Waals surface area contributed by atoms with E-state index in [0.29, 0.717) is 6.61 Å². The molecule has 0 amide bonds. The minimum atomic E-state index is 0.345. The highest BCUT2D eigenvalue weighted by Gasteiger charge is 1.89. The molecule has 0 saturated carbocycles. The molecule has 0 aliphatic rings. The Bertz CT molecular complexity index is 179. The third kappa shape index (κ3) is 15.5. The van der Waals surface area contributed by atoms with Crippen LogP contribution in [0.15, 0.2) is 0 Å². The maximum Gasteiger partial charge on any atom is 0.0431 e. The third-order valence-corrected chi connectivity index (χ3v) is 3.24. The SMILES string of the molecule is CCCCCCCCC#CCCCCCCCO. The monoisotopic (exact) mass is 252 g/mol. The molecule has 0 radical (unpaired) electrons. The van der Waals surface area contributed by atoms with Gasteiger partial charge in [-0.3, -0.25) is 0 Å². The van der Waals surface area contributed by atoms with Gasteiger partial charge in [-0.1, -0.05) is 58.3 Å². The predicted molar refractivity (Wildman–Crippen MR) is 80.6 cm³/mol. The summed E-state index contributed by atoms with van der Waals surface area (Å²) in [4.78, 5) is 0. The van der Waals surface area contributed by atoms with Crippen LogP contribution < -0.4 is 0 Å². The number of unbranched alkanes of at least 4 members (excludes halogenated alkanes) is 11. The van der Waals surface area contributed by atoms with Gasteiger partial charge in [-0.2, -0.15) is 0 Å². The molecule has 1 heteroatoms. The van der Waals surface area contributed by atoms with Crippen molar-refractivity contribution < 1.29 is 5.11 Å². The lowest BCUT2D eigenvalue weighted by Crippen LogP contribution is -1.83. The van der Waals surface area contributed by atoms with E-state index in [9.17, 15) is 0 Å². The first-order chi connectivity index (χ1) is 8.91. The van der Waals surface area contributed by atoms with Gasteiger partial charge in [0.2, 0.25) is 0 Å². The zero-order chi connectivity index (χ0) is 13.3. The number of rotatable bonds is 12. The van der Waals surface area contributed by atoms with Crippen molar-refractivity contribution in [3.8, 4) is 11.8 Å². The number of hydrogen-bond acceptors (Lipinski definition) is 1. The molecule has 0 aromatic rings. The average molecular weight is 252 g/mol. The molecular formula is C17H32O. The van der Waals surface area contributed by atoms with Crippen LogP contribution in [-0.2, 0) is 0 Å². The van der Waals surface area contributed by atoms with Gasteiger partial charge in [-0.25, -0.2) is 0 Å². The Morgan fingerprint density at radius 1 is 0.611 bits per heavy atom. The molecular weight excluding hydrogens is 220 g/mol. The summed E-state index contributed by atoms with van der Waals surface area (Å²) in [5.41, 5.74) is 0. The molecule has 0 bridgehead atoms. The van der Waals surface area contributed by atoms with E-state index in [4.69, 9.17) is 5.11 Å². The van der Waals surface area contributed by atoms with Gasteiger partial charge in [-0.15, -0.1) is 11.8 Å². The summed E-state index contributed by atoms with van der Waals surface area (Å²) in [5.74, 6) is 6.57. The molecule has 0 unspecified atom stereocenters. The molecule has 0 atom stereocenters. The molecule has 0 aliphatic carbocycles. The first kappa shape index (κ1) is 17.5.